The minimum absolute atomic E-state index is 0.0278. The molecule has 0 radical (unpaired) electrons. The van der Waals surface area contributed by atoms with E-state index in [1.54, 1.807) is 9.80 Å². The van der Waals surface area contributed by atoms with Crippen LogP contribution in [0.3, 0.4) is 0 Å². The topological polar surface area (TPSA) is 59.1 Å². The Morgan fingerprint density at radius 2 is 1.62 bits per heavy atom. The smallest absolute Gasteiger partial charge is 0.260 e. The van der Waals surface area contributed by atoms with Crippen molar-refractivity contribution >= 4 is 11.8 Å². The molecule has 2 amide bonds. The van der Waals surface area contributed by atoms with Crippen molar-refractivity contribution in [3.8, 4) is 5.75 Å². The largest absolute Gasteiger partial charge is 0.483 e. The molecule has 0 unspecified atom stereocenters. The van der Waals surface area contributed by atoms with Crippen molar-refractivity contribution in [1.29, 1.82) is 0 Å². The van der Waals surface area contributed by atoms with Crippen LogP contribution in [0.2, 0.25) is 0 Å². The summed E-state index contributed by atoms with van der Waals surface area (Å²) in [5, 5.41) is 0. The Morgan fingerprint density at radius 1 is 1.00 bits per heavy atom. The van der Waals surface area contributed by atoms with E-state index in [2.05, 4.69) is 6.92 Å². The van der Waals surface area contributed by atoms with Gasteiger partial charge in [0.2, 0.25) is 5.91 Å². The maximum absolute atomic E-state index is 12.4. The molecule has 0 aliphatic carbocycles. The average molecular weight is 334 g/mol. The van der Waals surface area contributed by atoms with Gasteiger partial charge < -0.3 is 19.3 Å². The van der Waals surface area contributed by atoms with Gasteiger partial charge in [0.25, 0.3) is 5.91 Å². The average Bonchev–Trinajstić information content (AvgIpc) is 2.86. The van der Waals surface area contributed by atoms with Gasteiger partial charge >= 0.3 is 0 Å². The van der Waals surface area contributed by atoms with Crippen LogP contribution in [0, 0.1) is 0 Å². The minimum atomic E-state index is -0.0399. The van der Waals surface area contributed by atoms with E-state index in [0.29, 0.717) is 26.2 Å². The summed E-state index contributed by atoms with van der Waals surface area (Å²) in [4.78, 5) is 27.8. The summed E-state index contributed by atoms with van der Waals surface area (Å²) in [6, 6.07) is 7.77. The van der Waals surface area contributed by atoms with Crippen LogP contribution in [0.25, 0.3) is 0 Å². The summed E-state index contributed by atoms with van der Waals surface area (Å²) in [6.07, 6.45) is 1.64. The van der Waals surface area contributed by atoms with E-state index in [1.807, 2.05) is 24.3 Å². The van der Waals surface area contributed by atoms with Crippen LogP contribution in [0.4, 0.5) is 0 Å². The predicted molar refractivity (Wildman–Crippen MR) is 91.0 cm³/mol. The molecule has 6 heteroatoms. The lowest BCUT2D eigenvalue weighted by Crippen LogP contribution is -2.40. The van der Waals surface area contributed by atoms with E-state index >= 15 is 0 Å². The first-order valence-electron chi connectivity index (χ1n) is 8.41. The molecular formula is C18H26N2O4. The molecule has 0 spiro atoms. The first kappa shape index (κ1) is 18.3. The van der Waals surface area contributed by atoms with Gasteiger partial charge in [-0.2, -0.15) is 0 Å². The number of methoxy groups -OCH3 is 1. The van der Waals surface area contributed by atoms with Gasteiger partial charge in [-0.25, -0.2) is 0 Å². The number of amides is 2. The third-order valence-corrected chi connectivity index (χ3v) is 4.17. The van der Waals surface area contributed by atoms with Crippen LogP contribution in [0.5, 0.6) is 5.75 Å². The van der Waals surface area contributed by atoms with E-state index in [9.17, 15) is 9.59 Å². The van der Waals surface area contributed by atoms with Gasteiger partial charge in [0.05, 0.1) is 0 Å². The molecule has 0 aromatic heterocycles. The molecule has 1 aromatic carbocycles. The second-order valence-corrected chi connectivity index (χ2v) is 5.80. The molecular weight excluding hydrogens is 308 g/mol. The molecule has 24 heavy (non-hydrogen) atoms. The van der Waals surface area contributed by atoms with Gasteiger partial charge in [0.1, 0.15) is 12.4 Å². The Hall–Kier alpha value is -2.08. The van der Waals surface area contributed by atoms with Crippen LogP contribution < -0.4 is 4.74 Å². The first-order valence-corrected chi connectivity index (χ1v) is 8.41. The maximum atomic E-state index is 12.4. The zero-order valence-electron chi connectivity index (χ0n) is 14.5. The van der Waals surface area contributed by atoms with Crippen LogP contribution in [0.1, 0.15) is 18.9 Å². The number of rotatable bonds is 6. The zero-order valence-corrected chi connectivity index (χ0v) is 14.5. The molecule has 1 aliphatic rings. The fourth-order valence-electron chi connectivity index (χ4n) is 2.80. The third-order valence-electron chi connectivity index (χ3n) is 4.17. The van der Waals surface area contributed by atoms with E-state index < -0.39 is 0 Å². The van der Waals surface area contributed by atoms with E-state index in [0.717, 1.165) is 24.2 Å². The Morgan fingerprint density at radius 3 is 2.25 bits per heavy atom. The molecule has 1 fully saturated rings. The molecule has 0 bridgehead atoms. The molecule has 1 saturated heterocycles. The molecule has 0 saturated carbocycles. The molecule has 132 valence electrons. The van der Waals surface area contributed by atoms with Crippen molar-refractivity contribution in [2.75, 3.05) is 46.5 Å². The van der Waals surface area contributed by atoms with Crippen LogP contribution in [-0.4, -0.2) is 68.1 Å². The quantitative estimate of drug-likeness (QED) is 0.788. The van der Waals surface area contributed by atoms with Crippen molar-refractivity contribution in [2.45, 2.75) is 19.8 Å². The Balaban J connectivity index is 1.85. The number of hydrogen-bond acceptors (Lipinski definition) is 4. The van der Waals surface area contributed by atoms with Crippen molar-refractivity contribution in [3.05, 3.63) is 29.8 Å². The summed E-state index contributed by atoms with van der Waals surface area (Å²) in [6.45, 7) is 4.56. The van der Waals surface area contributed by atoms with Gasteiger partial charge in [0, 0.05) is 33.3 Å². The number of aryl methyl sites for hydroxylation is 1. The second-order valence-electron chi connectivity index (χ2n) is 5.80. The second kappa shape index (κ2) is 9.27. The van der Waals surface area contributed by atoms with E-state index in [4.69, 9.17) is 9.47 Å². The lowest BCUT2D eigenvalue weighted by atomic mass is 10.1. The highest BCUT2D eigenvalue weighted by molar-refractivity contribution is 5.79. The Bertz CT molecular complexity index is 562. The Labute approximate surface area is 143 Å². The number of carbonyl (C=O) groups is 2. The molecule has 0 N–H and O–H groups in total. The van der Waals surface area contributed by atoms with Crippen molar-refractivity contribution in [2.24, 2.45) is 0 Å². The number of nitrogens with zero attached hydrogens (tertiary/aromatic N) is 2. The Kier molecular flexibility index (Phi) is 7.06. The molecule has 2 rings (SSSR count). The van der Waals surface area contributed by atoms with Crippen LogP contribution >= 0.6 is 0 Å². The number of ether oxygens (including phenoxy) is 2. The zero-order chi connectivity index (χ0) is 17.4. The van der Waals surface area contributed by atoms with Crippen LogP contribution in [0.15, 0.2) is 24.3 Å². The standard InChI is InChI=1S/C18H26N2O4/c1-3-15-7-4-5-8-16(15)24-14-18(22)20-10-6-9-19(11-12-20)17(21)13-23-2/h4-5,7-8H,3,6,9-14H2,1-2H3. The van der Waals surface area contributed by atoms with Crippen molar-refractivity contribution in [3.63, 3.8) is 0 Å². The molecule has 1 aliphatic heterocycles. The SMILES string of the molecule is CCc1ccccc1OCC(=O)N1CCCN(C(=O)COC)CC1. The fourth-order valence-corrected chi connectivity index (χ4v) is 2.80. The number of hydrogen-bond donors (Lipinski definition) is 0. The highest BCUT2D eigenvalue weighted by Crippen LogP contribution is 2.18. The minimum Gasteiger partial charge on any atom is -0.483 e. The molecule has 0 atom stereocenters. The molecule has 1 heterocycles. The number of benzene rings is 1. The van der Waals surface area contributed by atoms with E-state index in [-0.39, 0.29) is 25.0 Å². The number of carbonyl (C=O) groups excluding carboxylic acids is 2. The highest BCUT2D eigenvalue weighted by Gasteiger charge is 2.22. The fraction of sp³-hybridized carbons (Fsp3) is 0.556. The highest BCUT2D eigenvalue weighted by atomic mass is 16.5. The van der Waals surface area contributed by atoms with Gasteiger partial charge in [-0.3, -0.25) is 9.59 Å². The van der Waals surface area contributed by atoms with Crippen molar-refractivity contribution in [1.82, 2.24) is 9.80 Å². The van der Waals surface area contributed by atoms with Gasteiger partial charge in [-0.15, -0.1) is 0 Å². The summed E-state index contributed by atoms with van der Waals surface area (Å²) >= 11 is 0. The summed E-state index contributed by atoms with van der Waals surface area (Å²) in [7, 11) is 1.51. The first-order chi connectivity index (χ1) is 11.7. The summed E-state index contributed by atoms with van der Waals surface area (Å²) < 4.78 is 10.6. The van der Waals surface area contributed by atoms with Gasteiger partial charge in [-0.1, -0.05) is 25.1 Å². The van der Waals surface area contributed by atoms with Crippen LogP contribution in [-0.2, 0) is 20.7 Å². The van der Waals surface area contributed by atoms with Gasteiger partial charge in [0.15, 0.2) is 6.61 Å². The lowest BCUT2D eigenvalue weighted by Gasteiger charge is -2.22. The molecule has 1 aromatic rings. The van der Waals surface area contributed by atoms with Crippen molar-refractivity contribution < 1.29 is 19.1 Å². The lowest BCUT2D eigenvalue weighted by molar-refractivity contribution is -0.136. The monoisotopic (exact) mass is 334 g/mol. The number of para-hydroxylation sites is 1. The molecule has 6 nitrogen and oxygen atoms in total. The summed E-state index contributed by atoms with van der Waals surface area (Å²) in [5.74, 6) is 0.696. The van der Waals surface area contributed by atoms with E-state index in [1.165, 1.54) is 7.11 Å². The summed E-state index contributed by atoms with van der Waals surface area (Å²) in [5.41, 5.74) is 1.09. The third kappa shape index (κ3) is 4.96. The predicted octanol–water partition coefficient (Wildman–Crippen LogP) is 1.34. The maximum Gasteiger partial charge on any atom is 0.260 e. The van der Waals surface area contributed by atoms with Gasteiger partial charge in [-0.05, 0) is 24.5 Å². The normalized spacial score (nSPS) is 15.1.